The molecule has 8 heteroatoms. The van der Waals surface area contributed by atoms with Gasteiger partial charge in [-0.2, -0.15) is 13.2 Å². The number of alkyl halides is 3. The van der Waals surface area contributed by atoms with Gasteiger partial charge in [0.15, 0.2) is 17.4 Å². The normalized spacial score (nSPS) is 13.3. The maximum absolute atomic E-state index is 13.6. The highest BCUT2D eigenvalue weighted by Crippen LogP contribution is 2.24. The summed E-state index contributed by atoms with van der Waals surface area (Å²) in [5, 5.41) is 0. The molecule has 21 heavy (non-hydrogen) atoms. The molecule has 0 saturated carbocycles. The van der Waals surface area contributed by atoms with Gasteiger partial charge in [-0.05, 0) is 31.0 Å². The highest BCUT2D eigenvalue weighted by atomic mass is 19.4. The van der Waals surface area contributed by atoms with Crippen LogP contribution in [0.2, 0.25) is 0 Å². The topological polar surface area (TPSA) is 44.5 Å². The van der Waals surface area contributed by atoms with Crippen molar-refractivity contribution in [2.24, 2.45) is 5.73 Å². The molecule has 120 valence electrons. The predicted octanol–water partition coefficient (Wildman–Crippen LogP) is 2.81. The first-order valence-corrected chi connectivity index (χ1v) is 6.20. The molecule has 3 nitrogen and oxygen atoms in total. The van der Waals surface area contributed by atoms with Crippen molar-refractivity contribution >= 4 is 0 Å². The maximum Gasteiger partial charge on any atom is 0.411 e. The van der Waals surface area contributed by atoms with E-state index in [1.807, 2.05) is 0 Å². The molecular formula is C13H16F5NO2. The van der Waals surface area contributed by atoms with Gasteiger partial charge in [-0.1, -0.05) is 0 Å². The smallest absolute Gasteiger partial charge is 0.411 e. The Balaban J connectivity index is 2.52. The number of hydrogen-bond acceptors (Lipinski definition) is 3. The van der Waals surface area contributed by atoms with Crippen molar-refractivity contribution in [2.75, 3.05) is 19.8 Å². The van der Waals surface area contributed by atoms with Gasteiger partial charge in [-0.25, -0.2) is 8.78 Å². The van der Waals surface area contributed by atoms with Gasteiger partial charge in [-0.15, -0.1) is 0 Å². The van der Waals surface area contributed by atoms with Crippen molar-refractivity contribution in [2.45, 2.75) is 25.6 Å². The van der Waals surface area contributed by atoms with E-state index in [0.717, 1.165) is 12.1 Å². The molecule has 0 spiro atoms. The van der Waals surface area contributed by atoms with Crippen LogP contribution in [-0.2, 0) is 11.2 Å². The largest absolute Gasteiger partial charge is 0.485 e. The van der Waals surface area contributed by atoms with E-state index in [4.69, 9.17) is 10.5 Å². The summed E-state index contributed by atoms with van der Waals surface area (Å²) in [5.74, 6) is -2.50. The second-order valence-corrected chi connectivity index (χ2v) is 4.59. The Morgan fingerprint density at radius 1 is 1.14 bits per heavy atom. The van der Waals surface area contributed by atoms with E-state index in [2.05, 4.69) is 4.74 Å². The molecule has 0 radical (unpaired) electrons. The van der Waals surface area contributed by atoms with Crippen LogP contribution < -0.4 is 10.5 Å². The zero-order valence-electron chi connectivity index (χ0n) is 11.3. The summed E-state index contributed by atoms with van der Waals surface area (Å²) >= 11 is 0. The summed E-state index contributed by atoms with van der Waals surface area (Å²) in [6.07, 6.45) is -4.15. The average Bonchev–Trinajstić information content (AvgIpc) is 2.29. The third-order valence-electron chi connectivity index (χ3n) is 2.36. The van der Waals surface area contributed by atoms with Crippen molar-refractivity contribution in [3.63, 3.8) is 0 Å². The lowest BCUT2D eigenvalue weighted by molar-refractivity contribution is -0.175. The monoisotopic (exact) mass is 313 g/mol. The SMILES string of the molecule is CC(N)Cc1cc(F)c(OCCOCC(F)(F)F)c(F)c1. The van der Waals surface area contributed by atoms with Crippen LogP contribution in [0.4, 0.5) is 22.0 Å². The second-order valence-electron chi connectivity index (χ2n) is 4.59. The first kappa shape index (κ1) is 17.6. The third kappa shape index (κ3) is 6.72. The summed E-state index contributed by atoms with van der Waals surface area (Å²) in [6, 6.07) is 1.91. The number of hydrogen-bond donors (Lipinski definition) is 1. The van der Waals surface area contributed by atoms with Crippen LogP contribution in [0.5, 0.6) is 5.75 Å². The minimum absolute atomic E-state index is 0.258. The Morgan fingerprint density at radius 2 is 1.71 bits per heavy atom. The van der Waals surface area contributed by atoms with Gasteiger partial charge in [0.25, 0.3) is 0 Å². The van der Waals surface area contributed by atoms with Crippen LogP contribution in [0.25, 0.3) is 0 Å². The summed E-state index contributed by atoms with van der Waals surface area (Å²) in [7, 11) is 0. The fourth-order valence-corrected chi connectivity index (χ4v) is 1.63. The zero-order chi connectivity index (χ0) is 16.0. The molecule has 0 saturated heterocycles. The van der Waals surface area contributed by atoms with Gasteiger partial charge in [0.2, 0.25) is 0 Å². The van der Waals surface area contributed by atoms with E-state index in [0.29, 0.717) is 12.0 Å². The van der Waals surface area contributed by atoms with E-state index < -0.39 is 43.4 Å². The van der Waals surface area contributed by atoms with Crippen LogP contribution in [0, 0.1) is 11.6 Å². The van der Waals surface area contributed by atoms with Crippen LogP contribution in [0.15, 0.2) is 12.1 Å². The van der Waals surface area contributed by atoms with Crippen LogP contribution in [0.3, 0.4) is 0 Å². The molecule has 0 aromatic heterocycles. The molecule has 0 aliphatic rings. The summed E-state index contributed by atoms with van der Waals surface area (Å²) in [5.41, 5.74) is 5.90. The molecule has 1 aromatic carbocycles. The van der Waals surface area contributed by atoms with Crippen LogP contribution in [0.1, 0.15) is 12.5 Å². The number of nitrogens with two attached hydrogens (primary N) is 1. The Labute approximate surface area is 118 Å². The first-order valence-electron chi connectivity index (χ1n) is 6.20. The molecule has 2 N–H and O–H groups in total. The van der Waals surface area contributed by atoms with E-state index in [1.165, 1.54) is 0 Å². The Hall–Kier alpha value is -1.41. The molecule has 1 aromatic rings. The number of halogens is 5. The lowest BCUT2D eigenvalue weighted by atomic mass is 10.1. The highest BCUT2D eigenvalue weighted by Gasteiger charge is 2.27. The van der Waals surface area contributed by atoms with Crippen molar-refractivity contribution in [1.82, 2.24) is 0 Å². The molecule has 1 unspecified atom stereocenters. The predicted molar refractivity (Wildman–Crippen MR) is 66.1 cm³/mol. The number of ether oxygens (including phenoxy) is 2. The lowest BCUT2D eigenvalue weighted by Crippen LogP contribution is -2.20. The minimum atomic E-state index is -4.45. The zero-order valence-corrected chi connectivity index (χ0v) is 11.3. The molecule has 1 atom stereocenters. The summed E-state index contributed by atoms with van der Waals surface area (Å²) < 4.78 is 71.7. The van der Waals surface area contributed by atoms with E-state index in [9.17, 15) is 22.0 Å². The Kier molecular flexibility index (Phi) is 6.35. The van der Waals surface area contributed by atoms with E-state index >= 15 is 0 Å². The summed E-state index contributed by atoms with van der Waals surface area (Å²) in [4.78, 5) is 0. The number of benzene rings is 1. The maximum atomic E-state index is 13.6. The van der Waals surface area contributed by atoms with Gasteiger partial charge < -0.3 is 15.2 Å². The summed E-state index contributed by atoms with van der Waals surface area (Å²) in [6.45, 7) is -0.566. The van der Waals surface area contributed by atoms with Crippen molar-refractivity contribution < 1.29 is 31.4 Å². The number of rotatable bonds is 7. The molecular weight excluding hydrogens is 297 g/mol. The van der Waals surface area contributed by atoms with Gasteiger partial charge in [-0.3, -0.25) is 0 Å². The third-order valence-corrected chi connectivity index (χ3v) is 2.36. The van der Waals surface area contributed by atoms with Crippen LogP contribution in [-0.4, -0.2) is 32.0 Å². The molecule has 0 amide bonds. The molecule has 0 fully saturated rings. The highest BCUT2D eigenvalue weighted by molar-refractivity contribution is 5.31. The van der Waals surface area contributed by atoms with Crippen LogP contribution >= 0.6 is 0 Å². The standard InChI is InChI=1S/C13H16F5NO2/c1-8(19)4-9-5-10(14)12(11(15)6-9)21-3-2-20-7-13(16,17)18/h5-6,8H,2-4,7,19H2,1H3. The molecule has 0 aliphatic carbocycles. The lowest BCUT2D eigenvalue weighted by Gasteiger charge is -2.12. The minimum Gasteiger partial charge on any atom is -0.485 e. The molecule has 0 bridgehead atoms. The van der Waals surface area contributed by atoms with Gasteiger partial charge in [0.1, 0.15) is 13.2 Å². The fourth-order valence-electron chi connectivity index (χ4n) is 1.63. The van der Waals surface area contributed by atoms with Crippen molar-refractivity contribution in [3.8, 4) is 5.75 Å². The van der Waals surface area contributed by atoms with Gasteiger partial charge >= 0.3 is 6.18 Å². The first-order chi connectivity index (χ1) is 9.69. The van der Waals surface area contributed by atoms with Crippen molar-refractivity contribution in [3.05, 3.63) is 29.3 Å². The van der Waals surface area contributed by atoms with Crippen molar-refractivity contribution in [1.29, 1.82) is 0 Å². The molecule has 0 heterocycles. The van der Waals surface area contributed by atoms with Gasteiger partial charge in [0, 0.05) is 6.04 Å². The second kappa shape index (κ2) is 7.56. The van der Waals surface area contributed by atoms with E-state index in [1.54, 1.807) is 6.92 Å². The molecule has 0 aliphatic heterocycles. The Morgan fingerprint density at radius 3 is 2.19 bits per heavy atom. The van der Waals surface area contributed by atoms with E-state index in [-0.39, 0.29) is 6.04 Å². The fraction of sp³-hybridized carbons (Fsp3) is 0.538. The average molecular weight is 313 g/mol. The van der Waals surface area contributed by atoms with Gasteiger partial charge in [0.05, 0.1) is 6.61 Å². The Bertz CT molecular complexity index is 439. The quantitative estimate of drug-likeness (QED) is 0.622. The molecule has 1 rings (SSSR count).